The SMILES string of the molecule is CCCOc1cccc2c1C(=O)N(Cc1ccc(Cl)c(C)c1)C2=O.CCOc1cccc(OCc2ccccc2)c1C(=O)N(C)c1ccc(Cl)c(C)c1.CCOc1cccc(OCc2ccccc2)c1C(=O)Nc1ccc(Cl)c(C)c1.CCOc1cccc2c1C(=O)N(Cc1ccc(Cl)c(C)c1)C2=O.Cc1cc(CN2C(=O)c3cccc(O)c3C2=O)ccc1Cl. The number of hydrogen-bond donors (Lipinski definition) is 2. The maximum absolute atomic E-state index is 13.4. The second-order valence-electron chi connectivity index (χ2n) is 29.1. The van der Waals surface area contributed by atoms with Crippen molar-refractivity contribution in [2.24, 2.45) is 0 Å². The first-order valence-corrected chi connectivity index (χ1v) is 42.2. The Kier molecular flexibility index (Phi) is 32.2. The molecule has 20 nitrogen and oxygen atoms in total. The van der Waals surface area contributed by atoms with E-state index in [0.717, 1.165) is 72.6 Å². The predicted molar refractivity (Wildman–Crippen MR) is 489 cm³/mol. The normalized spacial score (nSPS) is 12.1. The highest BCUT2D eigenvalue weighted by molar-refractivity contribution is 6.33. The summed E-state index contributed by atoms with van der Waals surface area (Å²) in [6, 6.07) is 72.3. The molecule has 3 aliphatic heterocycles. The Hall–Kier alpha value is -13.0. The molecule has 0 radical (unpaired) electrons. The average Bonchev–Trinajstić information content (AvgIpc) is 1.63. The van der Waals surface area contributed by atoms with Gasteiger partial charge in [0, 0.05) is 43.5 Å². The Morgan fingerprint density at radius 2 is 0.696 bits per heavy atom. The van der Waals surface area contributed by atoms with Crippen LogP contribution in [0.5, 0.6) is 40.2 Å². The maximum Gasteiger partial charge on any atom is 0.265 e. The summed E-state index contributed by atoms with van der Waals surface area (Å²) in [7, 11) is 1.73. The van der Waals surface area contributed by atoms with Crippen molar-refractivity contribution in [3.05, 3.63) is 368 Å². The molecule has 12 aromatic carbocycles. The Morgan fingerprint density at radius 3 is 1.10 bits per heavy atom. The third-order valence-corrected chi connectivity index (χ3v) is 22.2. The second kappa shape index (κ2) is 43.4. The summed E-state index contributed by atoms with van der Waals surface area (Å²) in [4.78, 5) is 107. The number of carbonyl (C=O) groups is 8. The van der Waals surface area contributed by atoms with Crippen molar-refractivity contribution in [1.29, 1.82) is 0 Å². The quantitative estimate of drug-likeness (QED) is 0.0506. The summed E-state index contributed by atoms with van der Waals surface area (Å²) in [5, 5.41) is 16.0. The fraction of sp³-hybridized carbons (Fsp3) is 0.200. The molecular weight excluding hydrogens is 1690 g/mol. The molecule has 642 valence electrons. The van der Waals surface area contributed by atoms with E-state index < -0.39 is 11.8 Å². The first-order chi connectivity index (χ1) is 60.1. The van der Waals surface area contributed by atoms with Crippen LogP contribution in [0.3, 0.4) is 0 Å². The molecule has 0 atom stereocenters. The average molecular weight is 1780 g/mol. The summed E-state index contributed by atoms with van der Waals surface area (Å²) in [5.41, 5.74) is 13.1. The van der Waals surface area contributed by atoms with Crippen molar-refractivity contribution >= 4 is 117 Å². The topological polar surface area (TPSA) is 237 Å². The van der Waals surface area contributed by atoms with Gasteiger partial charge in [-0.25, -0.2) is 0 Å². The highest BCUT2D eigenvalue weighted by Gasteiger charge is 2.41. The molecule has 8 amide bonds. The third-order valence-electron chi connectivity index (χ3n) is 20.1. The Morgan fingerprint density at radius 1 is 0.352 bits per heavy atom. The second-order valence-corrected chi connectivity index (χ2v) is 31.1. The summed E-state index contributed by atoms with van der Waals surface area (Å²) >= 11 is 30.2. The number of nitrogens with one attached hydrogen (secondary N) is 1. The molecule has 25 heteroatoms. The maximum atomic E-state index is 13.4. The van der Waals surface area contributed by atoms with E-state index in [1.54, 1.807) is 127 Å². The molecule has 0 spiro atoms. The highest BCUT2D eigenvalue weighted by atomic mass is 35.5. The Labute approximate surface area is 751 Å². The van der Waals surface area contributed by atoms with Crippen LogP contribution in [-0.2, 0) is 32.8 Å². The number of carbonyl (C=O) groups excluding carboxylic acids is 8. The molecule has 0 fully saturated rings. The number of phenolic OH excluding ortho intramolecular Hbond substituents is 1. The van der Waals surface area contributed by atoms with Crippen LogP contribution in [0.25, 0.3) is 0 Å². The molecule has 15 rings (SSSR count). The zero-order valence-corrected chi connectivity index (χ0v) is 74.3. The van der Waals surface area contributed by atoms with Crippen LogP contribution < -0.4 is 38.6 Å². The predicted octanol–water partition coefficient (Wildman–Crippen LogP) is 23.0. The van der Waals surface area contributed by atoms with Crippen LogP contribution in [0, 0.1) is 34.6 Å². The number of aryl methyl sites for hydroxylation is 5. The minimum absolute atomic E-state index is 0.0770. The molecule has 0 aromatic heterocycles. The molecule has 3 heterocycles. The van der Waals surface area contributed by atoms with Crippen LogP contribution >= 0.6 is 58.0 Å². The molecule has 0 unspecified atom stereocenters. The number of imide groups is 3. The van der Waals surface area contributed by atoms with Crippen LogP contribution in [-0.4, -0.2) is 101 Å². The first kappa shape index (κ1) is 92.8. The van der Waals surface area contributed by atoms with Gasteiger partial charge in [-0.05, 0) is 233 Å². The minimum atomic E-state index is -0.472. The van der Waals surface area contributed by atoms with Gasteiger partial charge in [0.15, 0.2) is 0 Å². The van der Waals surface area contributed by atoms with Crippen molar-refractivity contribution in [1.82, 2.24) is 14.7 Å². The lowest BCUT2D eigenvalue weighted by Crippen LogP contribution is -2.29. The molecule has 0 aliphatic carbocycles. The lowest BCUT2D eigenvalue weighted by molar-refractivity contribution is 0.0626. The van der Waals surface area contributed by atoms with Gasteiger partial charge in [-0.2, -0.15) is 0 Å². The minimum Gasteiger partial charge on any atom is -0.507 e. The number of halogens is 5. The van der Waals surface area contributed by atoms with E-state index in [4.69, 9.17) is 86.4 Å². The number of ether oxygens (including phenoxy) is 6. The van der Waals surface area contributed by atoms with Crippen LogP contribution in [0.15, 0.2) is 243 Å². The summed E-state index contributed by atoms with van der Waals surface area (Å²) in [5.74, 6) is 0.130. The molecule has 0 saturated heterocycles. The lowest BCUT2D eigenvalue weighted by Gasteiger charge is -2.22. The van der Waals surface area contributed by atoms with E-state index >= 15 is 0 Å². The monoisotopic (exact) mass is 1780 g/mol. The van der Waals surface area contributed by atoms with Gasteiger partial charge in [0.1, 0.15) is 64.6 Å². The van der Waals surface area contributed by atoms with Crippen molar-refractivity contribution in [3.8, 4) is 40.2 Å². The van der Waals surface area contributed by atoms with Crippen LogP contribution in [0.1, 0.15) is 173 Å². The summed E-state index contributed by atoms with van der Waals surface area (Å²) in [6.45, 7) is 20.2. The number of nitrogens with zero attached hydrogens (tertiary/aromatic N) is 4. The molecule has 2 N–H and O–H groups in total. The molecular formula is C100H92Cl5N5O15. The Balaban J connectivity index is 0.000000153. The van der Waals surface area contributed by atoms with Gasteiger partial charge in [0.2, 0.25) is 0 Å². The number of amides is 8. The van der Waals surface area contributed by atoms with Crippen molar-refractivity contribution in [2.75, 3.05) is 43.7 Å². The fourth-order valence-electron chi connectivity index (χ4n) is 13.7. The van der Waals surface area contributed by atoms with Crippen molar-refractivity contribution in [2.45, 2.75) is 102 Å². The summed E-state index contributed by atoms with van der Waals surface area (Å²) < 4.78 is 34.5. The van der Waals surface area contributed by atoms with E-state index in [0.29, 0.717) is 138 Å². The third kappa shape index (κ3) is 22.7. The summed E-state index contributed by atoms with van der Waals surface area (Å²) in [6.07, 6.45) is 0.833. The number of fused-ring (bicyclic) bond motifs is 3. The smallest absolute Gasteiger partial charge is 0.265 e. The number of aromatic hydroxyl groups is 1. The van der Waals surface area contributed by atoms with Gasteiger partial charge < -0.3 is 43.7 Å². The van der Waals surface area contributed by atoms with Crippen LogP contribution in [0.2, 0.25) is 25.1 Å². The number of anilines is 2. The molecule has 12 aromatic rings. The highest BCUT2D eigenvalue weighted by Crippen LogP contribution is 2.39. The van der Waals surface area contributed by atoms with Gasteiger partial charge in [0.05, 0.1) is 79.4 Å². The van der Waals surface area contributed by atoms with E-state index in [2.05, 4.69) is 5.32 Å². The Bertz CT molecular complexity index is 6010. The van der Waals surface area contributed by atoms with Gasteiger partial charge in [-0.3, -0.25) is 53.1 Å². The number of phenols is 1. The number of rotatable bonds is 25. The fourth-order valence-corrected chi connectivity index (χ4v) is 14.3. The van der Waals surface area contributed by atoms with Gasteiger partial charge in [-0.15, -0.1) is 0 Å². The van der Waals surface area contributed by atoms with Crippen LogP contribution in [0.4, 0.5) is 11.4 Å². The molecule has 0 bridgehead atoms. The zero-order valence-electron chi connectivity index (χ0n) is 70.5. The molecule has 0 saturated carbocycles. The van der Waals surface area contributed by atoms with Crippen molar-refractivity contribution in [3.63, 3.8) is 0 Å². The molecule has 3 aliphatic rings. The van der Waals surface area contributed by atoms with Crippen molar-refractivity contribution < 1.29 is 71.9 Å². The van der Waals surface area contributed by atoms with E-state index in [1.165, 1.54) is 15.9 Å². The van der Waals surface area contributed by atoms with Gasteiger partial charge in [0.25, 0.3) is 47.3 Å². The van der Waals surface area contributed by atoms with E-state index in [9.17, 15) is 43.5 Å². The largest absolute Gasteiger partial charge is 0.507 e. The molecule has 125 heavy (non-hydrogen) atoms. The number of benzene rings is 12. The van der Waals surface area contributed by atoms with E-state index in [1.807, 2.05) is 184 Å². The zero-order chi connectivity index (χ0) is 89.7. The number of hydrogen-bond acceptors (Lipinski definition) is 15. The van der Waals surface area contributed by atoms with Gasteiger partial charge in [-0.1, -0.05) is 192 Å². The standard InChI is InChI=1S/C24H24ClNO3.C23H22ClNO3.C19H18ClNO3.C18H16ClNO3.C16H12ClNO3/c1-4-28-21-11-8-12-22(29-16-18-9-6-5-7-10-18)23(21)24(27)26(3)19-13-14-20(25)17(2)15-19;1-3-27-20-10-7-11-21(28-15-17-8-5-4-6-9-17)22(20)23(26)25-18-12-13-19(24)16(2)14-18;1-3-9-24-16-6-4-5-14-17(16)19(23)21(18(14)22)11-13-7-8-15(20)12(2)10-13;1-3-23-15-6-4-5-13-16(15)18(22)20(17(13)21)10-12-7-8-14(19)11(2)9-12;1-9-7-10(5-6-12(9)17)8-18-15(20)11-3-2-4-13(19)14(11)16(18)21/h5-15H,4,16H2,1-3H3;4-14H,3,15H2,1-2H3,(H,25,26);4-8,10H,3,9,11H2,1-2H3;4-9H,3,10H2,1-2H3;2-7,19H,8H2,1H3. The van der Waals surface area contributed by atoms with Gasteiger partial charge >= 0.3 is 0 Å². The lowest BCUT2D eigenvalue weighted by atomic mass is 10.1. The first-order valence-electron chi connectivity index (χ1n) is 40.3. The van der Waals surface area contributed by atoms with E-state index in [-0.39, 0.29) is 72.0 Å².